The zero-order valence-electron chi connectivity index (χ0n) is 14.9. The summed E-state index contributed by atoms with van der Waals surface area (Å²) in [6, 6.07) is 0.202. The highest BCUT2D eigenvalue weighted by Crippen LogP contribution is 2.31. The van der Waals surface area contributed by atoms with Crippen LogP contribution in [0.4, 0.5) is 0 Å². The number of carbonyl (C=O) groups excluding carboxylic acids is 1. The highest BCUT2D eigenvalue weighted by molar-refractivity contribution is 5.80. The number of hydrogen-bond donors (Lipinski definition) is 0. The minimum Gasteiger partial charge on any atom is -0.361 e. The maximum atomic E-state index is 13.0. The average Bonchev–Trinajstić information content (AvgIpc) is 3.00. The highest BCUT2D eigenvalue weighted by Gasteiger charge is 2.41. The number of fused-ring (bicyclic) bond motifs is 4. The summed E-state index contributed by atoms with van der Waals surface area (Å²) >= 11 is 0. The van der Waals surface area contributed by atoms with Crippen molar-refractivity contribution in [3.8, 4) is 0 Å². The fourth-order valence-corrected chi connectivity index (χ4v) is 3.97. The smallest absolute Gasteiger partial charge is 0.227 e. The number of carbonyl (C=O) groups is 1. The molecule has 5 heterocycles. The molecule has 1 amide bonds. The molecular weight excluding hydrogens is 322 g/mol. The van der Waals surface area contributed by atoms with Gasteiger partial charge in [-0.2, -0.15) is 4.98 Å². The molecule has 0 spiro atoms. The fourth-order valence-electron chi connectivity index (χ4n) is 3.97. The molecule has 2 aromatic heterocycles. The molecule has 134 valence electrons. The van der Waals surface area contributed by atoms with Crippen LogP contribution in [0.15, 0.2) is 9.05 Å². The molecule has 3 aliphatic heterocycles. The number of hydrogen-bond acceptors (Lipinski definition) is 7. The fraction of sp³-hybridized carbons (Fsp3) is 0.647. The van der Waals surface area contributed by atoms with Crippen LogP contribution in [0.3, 0.4) is 0 Å². The Morgan fingerprint density at radius 2 is 1.92 bits per heavy atom. The summed E-state index contributed by atoms with van der Waals surface area (Å²) < 4.78 is 10.3. The third-order valence-corrected chi connectivity index (χ3v) is 5.31. The number of amides is 1. The predicted molar refractivity (Wildman–Crippen MR) is 87.4 cm³/mol. The van der Waals surface area contributed by atoms with E-state index in [4.69, 9.17) is 9.05 Å². The van der Waals surface area contributed by atoms with E-state index < -0.39 is 0 Å². The van der Waals surface area contributed by atoms with Crippen LogP contribution in [0.25, 0.3) is 0 Å². The standard InChI is InChI=1S/C17H23N5O3/c1-10-15(11(2)24-19-10)8-22-14-5-4-13(17(22)23)6-21(7-14)9-16-18-12(3)25-20-16/h13-14H,4-9H2,1-3H3. The Morgan fingerprint density at radius 1 is 1.08 bits per heavy atom. The van der Waals surface area contributed by atoms with E-state index >= 15 is 0 Å². The first kappa shape index (κ1) is 16.3. The van der Waals surface area contributed by atoms with Crippen molar-refractivity contribution in [2.24, 2.45) is 5.92 Å². The summed E-state index contributed by atoms with van der Waals surface area (Å²) in [5.74, 6) is 2.33. The van der Waals surface area contributed by atoms with E-state index in [0.29, 0.717) is 24.8 Å². The van der Waals surface area contributed by atoms with Crippen molar-refractivity contribution in [1.82, 2.24) is 25.1 Å². The predicted octanol–water partition coefficient (Wildman–Crippen LogP) is 1.61. The molecule has 0 radical (unpaired) electrons. The molecule has 2 aromatic rings. The first-order chi connectivity index (χ1) is 12.0. The van der Waals surface area contributed by atoms with Gasteiger partial charge in [-0.1, -0.05) is 10.3 Å². The van der Waals surface area contributed by atoms with Crippen LogP contribution in [0.5, 0.6) is 0 Å². The lowest BCUT2D eigenvalue weighted by atomic mass is 9.93. The Balaban J connectivity index is 1.52. The van der Waals surface area contributed by atoms with Gasteiger partial charge in [0.25, 0.3) is 0 Å². The Kier molecular flexibility index (Phi) is 4.07. The van der Waals surface area contributed by atoms with Crippen molar-refractivity contribution < 1.29 is 13.8 Å². The number of nitrogens with zero attached hydrogens (tertiary/aromatic N) is 5. The second kappa shape index (κ2) is 6.25. The van der Waals surface area contributed by atoms with Crippen LogP contribution in [0, 0.1) is 26.7 Å². The van der Waals surface area contributed by atoms with Gasteiger partial charge >= 0.3 is 0 Å². The molecule has 2 unspecified atom stereocenters. The largest absolute Gasteiger partial charge is 0.361 e. The lowest BCUT2D eigenvalue weighted by Gasteiger charge is -2.36. The Labute approximate surface area is 146 Å². The minimum atomic E-state index is 0.0345. The van der Waals surface area contributed by atoms with Crippen molar-refractivity contribution in [2.75, 3.05) is 13.1 Å². The second-order valence-electron chi connectivity index (χ2n) is 7.12. The van der Waals surface area contributed by atoms with Gasteiger partial charge in [0.2, 0.25) is 11.8 Å². The summed E-state index contributed by atoms with van der Waals surface area (Å²) in [5.41, 5.74) is 1.89. The molecule has 25 heavy (non-hydrogen) atoms. The molecule has 0 aliphatic carbocycles. The van der Waals surface area contributed by atoms with E-state index in [-0.39, 0.29) is 17.9 Å². The van der Waals surface area contributed by atoms with Crippen molar-refractivity contribution in [3.05, 3.63) is 28.7 Å². The molecule has 0 saturated carbocycles. The maximum Gasteiger partial charge on any atom is 0.227 e. The third-order valence-electron chi connectivity index (χ3n) is 5.31. The Morgan fingerprint density at radius 3 is 2.60 bits per heavy atom. The Hall–Kier alpha value is -2.22. The highest BCUT2D eigenvalue weighted by atomic mass is 16.5. The van der Waals surface area contributed by atoms with Gasteiger partial charge in [0, 0.05) is 31.6 Å². The van der Waals surface area contributed by atoms with Gasteiger partial charge in [0.05, 0.1) is 24.7 Å². The molecule has 3 saturated heterocycles. The third kappa shape index (κ3) is 3.06. The van der Waals surface area contributed by atoms with Crippen molar-refractivity contribution >= 4 is 5.91 Å². The number of aryl methyl sites for hydroxylation is 3. The van der Waals surface area contributed by atoms with Crippen molar-refractivity contribution in [2.45, 2.75) is 52.7 Å². The number of aromatic nitrogens is 3. The molecule has 8 heteroatoms. The lowest BCUT2D eigenvalue weighted by molar-refractivity contribution is -0.140. The van der Waals surface area contributed by atoms with Gasteiger partial charge in [-0.3, -0.25) is 9.69 Å². The summed E-state index contributed by atoms with van der Waals surface area (Å²) in [7, 11) is 0. The van der Waals surface area contributed by atoms with Crippen LogP contribution in [0.1, 0.15) is 41.6 Å². The molecule has 0 N–H and O–H groups in total. The summed E-state index contributed by atoms with van der Waals surface area (Å²) in [4.78, 5) is 21.5. The zero-order chi connectivity index (χ0) is 17.6. The topological polar surface area (TPSA) is 88.5 Å². The first-order valence-corrected chi connectivity index (χ1v) is 8.75. The van der Waals surface area contributed by atoms with Gasteiger partial charge < -0.3 is 13.9 Å². The molecule has 0 aromatic carbocycles. The Bertz CT molecular complexity index is 764. The SMILES string of the molecule is Cc1nc(CN2CC3CCC(C2)N(Cc2c(C)noc2C)C3=O)no1. The van der Waals surface area contributed by atoms with Gasteiger partial charge in [-0.05, 0) is 26.7 Å². The lowest BCUT2D eigenvalue weighted by Crippen LogP contribution is -2.47. The molecule has 8 nitrogen and oxygen atoms in total. The monoisotopic (exact) mass is 345 g/mol. The molecule has 3 fully saturated rings. The maximum absolute atomic E-state index is 13.0. The summed E-state index contributed by atoms with van der Waals surface area (Å²) in [6.45, 7) is 8.41. The zero-order valence-corrected chi connectivity index (χ0v) is 14.9. The molecule has 2 atom stereocenters. The van der Waals surface area contributed by atoms with E-state index in [1.807, 2.05) is 18.7 Å². The van der Waals surface area contributed by atoms with Gasteiger partial charge in [0.1, 0.15) is 5.76 Å². The van der Waals surface area contributed by atoms with E-state index in [0.717, 1.165) is 42.9 Å². The molecule has 5 rings (SSSR count). The summed E-state index contributed by atoms with van der Waals surface area (Å²) in [6.07, 6.45) is 1.98. The van der Waals surface area contributed by atoms with Crippen molar-refractivity contribution in [3.63, 3.8) is 0 Å². The minimum absolute atomic E-state index is 0.0345. The van der Waals surface area contributed by atoms with E-state index in [1.54, 1.807) is 6.92 Å². The first-order valence-electron chi connectivity index (χ1n) is 8.75. The summed E-state index contributed by atoms with van der Waals surface area (Å²) in [5, 5.41) is 8.00. The van der Waals surface area contributed by atoms with Crippen LogP contribution in [-0.4, -0.2) is 50.1 Å². The number of piperidine rings is 1. The van der Waals surface area contributed by atoms with Crippen LogP contribution in [0.2, 0.25) is 0 Å². The normalized spacial score (nSPS) is 24.1. The van der Waals surface area contributed by atoms with Crippen LogP contribution in [-0.2, 0) is 17.9 Å². The van der Waals surface area contributed by atoms with Crippen LogP contribution < -0.4 is 0 Å². The molecule has 2 bridgehead atoms. The van der Waals surface area contributed by atoms with Gasteiger partial charge in [-0.15, -0.1) is 0 Å². The van der Waals surface area contributed by atoms with Crippen LogP contribution >= 0.6 is 0 Å². The van der Waals surface area contributed by atoms with Gasteiger partial charge in [-0.25, -0.2) is 0 Å². The van der Waals surface area contributed by atoms with Gasteiger partial charge in [0.15, 0.2) is 5.82 Å². The van der Waals surface area contributed by atoms with Crippen molar-refractivity contribution in [1.29, 1.82) is 0 Å². The van der Waals surface area contributed by atoms with E-state index in [2.05, 4.69) is 20.2 Å². The second-order valence-corrected chi connectivity index (χ2v) is 7.12. The average molecular weight is 345 g/mol. The molecular formula is C17H23N5O3. The molecule has 3 aliphatic rings. The number of rotatable bonds is 4. The van der Waals surface area contributed by atoms with E-state index in [1.165, 1.54) is 0 Å². The van der Waals surface area contributed by atoms with E-state index in [9.17, 15) is 4.79 Å². The quantitative estimate of drug-likeness (QED) is 0.831.